The number of piperazine rings is 1. The molecular weight excluding hydrogens is 571 g/mol. The van der Waals surface area contributed by atoms with E-state index >= 15 is 0 Å². The lowest BCUT2D eigenvalue weighted by Crippen LogP contribution is -2.67. The number of carbonyl (C=O) groups is 4. The van der Waals surface area contributed by atoms with Crippen LogP contribution in [0.4, 0.5) is 28.4 Å². The lowest BCUT2D eigenvalue weighted by Gasteiger charge is -2.46. The molecule has 0 aromatic heterocycles. The standard InChI is InChI=1S/C30H36F3N3O7/c1-27(2,3)42-25(40)34-22-12-11-19(18-9-8-10-20(15-18)30(31,32)33)16-21(22)23(37)36-14-13-35(17-29(36,7)24(38)39)26(41)43-28(4,5)6/h8-12,15-16H,13-14,17H2,1-7H3,(H,34,40)(H,38,39). The van der Waals surface area contributed by atoms with Crippen LogP contribution in [-0.4, -0.2) is 75.3 Å². The normalized spacial score (nSPS) is 17.7. The Balaban J connectivity index is 2.07. The monoisotopic (exact) mass is 607 g/mol. The number of anilines is 1. The van der Waals surface area contributed by atoms with E-state index in [0.29, 0.717) is 0 Å². The van der Waals surface area contributed by atoms with Crippen molar-refractivity contribution < 1.29 is 46.9 Å². The molecule has 10 nitrogen and oxygen atoms in total. The summed E-state index contributed by atoms with van der Waals surface area (Å²) in [5.74, 6) is -2.22. The highest BCUT2D eigenvalue weighted by atomic mass is 19.4. The van der Waals surface area contributed by atoms with Crippen LogP contribution < -0.4 is 5.32 Å². The smallest absolute Gasteiger partial charge is 0.416 e. The third-order valence-electron chi connectivity index (χ3n) is 6.45. The van der Waals surface area contributed by atoms with E-state index < -0.39 is 59.1 Å². The summed E-state index contributed by atoms with van der Waals surface area (Å²) in [4.78, 5) is 54.2. The molecule has 2 aromatic carbocycles. The molecule has 1 aliphatic rings. The number of amides is 3. The minimum atomic E-state index is -4.61. The molecule has 43 heavy (non-hydrogen) atoms. The van der Waals surface area contributed by atoms with Gasteiger partial charge >= 0.3 is 24.3 Å². The number of hydrogen-bond donors (Lipinski definition) is 2. The average Bonchev–Trinajstić information content (AvgIpc) is 2.86. The van der Waals surface area contributed by atoms with E-state index in [4.69, 9.17) is 9.47 Å². The largest absolute Gasteiger partial charge is 0.479 e. The molecule has 1 atom stereocenters. The summed E-state index contributed by atoms with van der Waals surface area (Å²) in [5, 5.41) is 12.7. The second-order valence-corrected chi connectivity index (χ2v) is 12.4. The molecule has 2 N–H and O–H groups in total. The number of ether oxygens (including phenoxy) is 2. The zero-order valence-corrected chi connectivity index (χ0v) is 25.1. The topological polar surface area (TPSA) is 125 Å². The van der Waals surface area contributed by atoms with Gasteiger partial charge < -0.3 is 24.4 Å². The fourth-order valence-electron chi connectivity index (χ4n) is 4.44. The van der Waals surface area contributed by atoms with Gasteiger partial charge in [-0.1, -0.05) is 18.2 Å². The summed E-state index contributed by atoms with van der Waals surface area (Å²) < 4.78 is 50.9. The number of carbonyl (C=O) groups excluding carboxylic acids is 3. The van der Waals surface area contributed by atoms with Gasteiger partial charge in [-0.3, -0.25) is 10.1 Å². The molecule has 1 aliphatic heterocycles. The molecule has 1 saturated heterocycles. The van der Waals surface area contributed by atoms with Gasteiger partial charge in [-0.25, -0.2) is 14.4 Å². The van der Waals surface area contributed by atoms with Crippen LogP contribution in [0.5, 0.6) is 0 Å². The first-order valence-electron chi connectivity index (χ1n) is 13.5. The zero-order chi connectivity index (χ0) is 32.5. The van der Waals surface area contributed by atoms with Gasteiger partial charge in [0.25, 0.3) is 5.91 Å². The molecule has 3 rings (SSSR count). The van der Waals surface area contributed by atoms with Crippen molar-refractivity contribution in [1.29, 1.82) is 0 Å². The Hall–Kier alpha value is -4.29. The number of benzene rings is 2. The fourth-order valence-corrected chi connectivity index (χ4v) is 4.44. The minimum Gasteiger partial charge on any atom is -0.479 e. The van der Waals surface area contributed by atoms with Crippen LogP contribution in [0, 0.1) is 0 Å². The quantitative estimate of drug-likeness (QED) is 0.421. The van der Waals surface area contributed by atoms with Crippen LogP contribution in [0.15, 0.2) is 42.5 Å². The molecule has 3 amide bonds. The van der Waals surface area contributed by atoms with Crippen LogP contribution in [0.3, 0.4) is 0 Å². The van der Waals surface area contributed by atoms with Gasteiger partial charge in [0, 0.05) is 13.1 Å². The van der Waals surface area contributed by atoms with Crippen LogP contribution >= 0.6 is 0 Å². The van der Waals surface area contributed by atoms with E-state index in [1.54, 1.807) is 41.5 Å². The van der Waals surface area contributed by atoms with Crippen molar-refractivity contribution in [3.05, 3.63) is 53.6 Å². The molecule has 234 valence electrons. The molecular formula is C30H36F3N3O7. The summed E-state index contributed by atoms with van der Waals surface area (Å²) in [6, 6.07) is 8.54. The molecule has 0 saturated carbocycles. The molecule has 1 unspecified atom stereocenters. The summed E-state index contributed by atoms with van der Waals surface area (Å²) >= 11 is 0. The molecule has 13 heteroatoms. The van der Waals surface area contributed by atoms with Crippen LogP contribution in [0.1, 0.15) is 64.4 Å². The van der Waals surface area contributed by atoms with E-state index in [1.807, 2.05) is 0 Å². The number of alkyl halides is 3. The molecule has 1 heterocycles. The first-order chi connectivity index (χ1) is 19.6. The summed E-state index contributed by atoms with van der Waals surface area (Å²) in [6.45, 7) is 10.5. The van der Waals surface area contributed by atoms with E-state index in [2.05, 4.69) is 5.32 Å². The van der Waals surface area contributed by atoms with Crippen molar-refractivity contribution in [2.75, 3.05) is 25.0 Å². The second kappa shape index (κ2) is 11.8. The first kappa shape index (κ1) is 33.2. The van der Waals surface area contributed by atoms with Crippen molar-refractivity contribution in [2.24, 2.45) is 0 Å². The van der Waals surface area contributed by atoms with Crippen molar-refractivity contribution in [3.63, 3.8) is 0 Å². The van der Waals surface area contributed by atoms with Crippen molar-refractivity contribution in [3.8, 4) is 11.1 Å². The number of halogens is 3. The van der Waals surface area contributed by atoms with E-state index in [-0.39, 0.29) is 35.5 Å². The Morgan fingerprint density at radius 2 is 1.49 bits per heavy atom. The number of carboxylic acids is 1. The minimum absolute atomic E-state index is 0.0442. The number of rotatable bonds is 4. The Bertz CT molecular complexity index is 1410. The lowest BCUT2D eigenvalue weighted by atomic mass is 9.93. The molecule has 0 aliphatic carbocycles. The van der Waals surface area contributed by atoms with Crippen molar-refractivity contribution in [2.45, 2.75) is 71.4 Å². The zero-order valence-electron chi connectivity index (χ0n) is 25.1. The predicted molar refractivity (Wildman–Crippen MR) is 152 cm³/mol. The second-order valence-electron chi connectivity index (χ2n) is 12.4. The van der Waals surface area contributed by atoms with E-state index in [9.17, 15) is 37.5 Å². The van der Waals surface area contributed by atoms with Gasteiger partial charge in [0.2, 0.25) is 0 Å². The number of carboxylic acid groups (broad SMARTS) is 1. The van der Waals surface area contributed by atoms with Crippen molar-refractivity contribution >= 4 is 29.8 Å². The van der Waals surface area contributed by atoms with E-state index in [0.717, 1.165) is 17.0 Å². The van der Waals surface area contributed by atoms with Gasteiger partial charge in [-0.2, -0.15) is 13.2 Å². The highest BCUT2D eigenvalue weighted by Gasteiger charge is 2.49. The van der Waals surface area contributed by atoms with Gasteiger partial charge in [0.05, 0.1) is 23.4 Å². The Labute approximate surface area is 247 Å². The first-order valence-corrected chi connectivity index (χ1v) is 13.5. The van der Waals surface area contributed by atoms with Crippen molar-refractivity contribution in [1.82, 2.24) is 9.80 Å². The molecule has 1 fully saturated rings. The van der Waals surface area contributed by atoms with Crippen LogP contribution in [-0.2, 0) is 20.4 Å². The third-order valence-corrected chi connectivity index (χ3v) is 6.45. The molecule has 2 aromatic rings. The summed E-state index contributed by atoms with van der Waals surface area (Å²) in [6.07, 6.45) is -6.25. The summed E-state index contributed by atoms with van der Waals surface area (Å²) in [5.41, 5.74) is -4.40. The Kier molecular flexibility index (Phi) is 9.09. The Morgan fingerprint density at radius 3 is 2.05 bits per heavy atom. The lowest BCUT2D eigenvalue weighted by molar-refractivity contribution is -0.152. The van der Waals surface area contributed by atoms with Crippen LogP contribution in [0.2, 0.25) is 0 Å². The van der Waals surface area contributed by atoms with Gasteiger partial charge in [-0.05, 0) is 83.9 Å². The molecule has 0 bridgehead atoms. The highest BCUT2D eigenvalue weighted by molar-refractivity contribution is 6.05. The van der Waals surface area contributed by atoms with Gasteiger partial charge in [-0.15, -0.1) is 0 Å². The average molecular weight is 608 g/mol. The van der Waals surface area contributed by atoms with Gasteiger partial charge in [0.15, 0.2) is 5.54 Å². The molecule has 0 radical (unpaired) electrons. The maximum Gasteiger partial charge on any atom is 0.416 e. The number of aliphatic carboxylic acids is 1. The number of nitrogens with one attached hydrogen (secondary N) is 1. The van der Waals surface area contributed by atoms with Gasteiger partial charge in [0.1, 0.15) is 11.2 Å². The Morgan fingerprint density at radius 1 is 0.884 bits per heavy atom. The predicted octanol–water partition coefficient (Wildman–Crippen LogP) is 6.26. The maximum absolute atomic E-state index is 14.1. The molecule has 0 spiro atoms. The highest BCUT2D eigenvalue weighted by Crippen LogP contribution is 2.35. The fraction of sp³-hybridized carbons (Fsp3) is 0.467. The summed E-state index contributed by atoms with van der Waals surface area (Å²) in [7, 11) is 0. The maximum atomic E-state index is 14.1. The third kappa shape index (κ3) is 8.17. The van der Waals surface area contributed by atoms with E-state index in [1.165, 1.54) is 42.2 Å². The number of hydrogen-bond acceptors (Lipinski definition) is 6. The SMILES string of the molecule is CC(C)(C)OC(=O)Nc1ccc(-c2cccc(C(F)(F)F)c2)cc1C(=O)N1CCN(C(=O)OC(C)(C)C)CC1(C)C(=O)O. The number of nitrogens with zero attached hydrogens (tertiary/aromatic N) is 2. The van der Waals surface area contributed by atoms with Crippen LogP contribution in [0.25, 0.3) is 11.1 Å².